The Morgan fingerprint density at radius 3 is 1.67 bits per heavy atom. The van der Waals surface area contributed by atoms with Gasteiger partial charge in [-0.25, -0.2) is 0 Å². The van der Waals surface area contributed by atoms with Crippen molar-refractivity contribution in [2.45, 2.75) is 0 Å². The second kappa shape index (κ2) is 6.82. The number of fused-ring (bicyclic) bond motifs is 2. The maximum absolute atomic E-state index is 2.47. The Morgan fingerprint density at radius 2 is 1.00 bits per heavy atom. The van der Waals surface area contributed by atoms with Crippen molar-refractivity contribution in [2.75, 3.05) is 0 Å². The smallest absolute Gasteiger partial charge is 0.0215 e. The molecule has 0 unspecified atom stereocenters. The lowest BCUT2D eigenvalue weighted by atomic mass is 9.94. The van der Waals surface area contributed by atoms with E-state index in [2.05, 4.69) is 126 Å². The molecule has 0 spiro atoms. The Kier molecular flexibility index (Phi) is 4.17. The fourth-order valence-corrected chi connectivity index (χ4v) is 4.64. The lowest BCUT2D eigenvalue weighted by Crippen LogP contribution is -1.88. The molecule has 0 heterocycles. The van der Waals surface area contributed by atoms with Crippen molar-refractivity contribution in [1.82, 2.24) is 0 Å². The maximum atomic E-state index is 2.47. The van der Waals surface area contributed by atoms with Crippen molar-refractivity contribution in [3.8, 4) is 22.3 Å². The molecule has 0 fully saturated rings. The van der Waals surface area contributed by atoms with Crippen LogP contribution in [0, 0.1) is 3.57 Å². The maximum Gasteiger partial charge on any atom is 0.0215 e. The molecule has 5 aromatic carbocycles. The molecular weight excluding hydrogens is 439 g/mol. The molecule has 1 heteroatoms. The van der Waals surface area contributed by atoms with E-state index in [4.69, 9.17) is 0 Å². The van der Waals surface area contributed by atoms with Gasteiger partial charge in [0.25, 0.3) is 0 Å². The van der Waals surface area contributed by atoms with Crippen molar-refractivity contribution in [1.29, 1.82) is 0 Å². The summed E-state index contributed by atoms with van der Waals surface area (Å²) in [5.74, 6) is 0. The summed E-state index contributed by atoms with van der Waals surface area (Å²) in [5.41, 5.74) is 5.13. The largest absolute Gasteiger partial charge is 0.0616 e. The molecule has 0 aliphatic carbocycles. The van der Waals surface area contributed by atoms with E-state index in [0.717, 1.165) is 0 Å². The molecule has 5 aromatic rings. The first kappa shape index (κ1) is 16.5. The Hall–Kier alpha value is -2.65. The fraction of sp³-hybridized carbons (Fsp3) is 0. The van der Waals surface area contributed by atoms with Gasteiger partial charge >= 0.3 is 0 Å². The molecule has 0 aliphatic heterocycles. The Labute approximate surface area is 172 Å². The summed E-state index contributed by atoms with van der Waals surface area (Å²) in [6.45, 7) is 0. The Balaban J connectivity index is 1.68. The van der Waals surface area contributed by atoms with Crippen LogP contribution >= 0.6 is 22.6 Å². The number of rotatable bonds is 2. The van der Waals surface area contributed by atoms with Crippen LogP contribution in [0.4, 0.5) is 0 Å². The van der Waals surface area contributed by atoms with Crippen LogP contribution in [-0.2, 0) is 0 Å². The zero-order valence-electron chi connectivity index (χ0n) is 14.7. The highest BCUT2D eigenvalue weighted by molar-refractivity contribution is 14.1. The lowest BCUT2D eigenvalue weighted by molar-refractivity contribution is 1.59. The van der Waals surface area contributed by atoms with E-state index in [1.807, 2.05) is 0 Å². The lowest BCUT2D eigenvalue weighted by Gasteiger charge is -2.12. The van der Waals surface area contributed by atoms with Gasteiger partial charge in [0.1, 0.15) is 0 Å². The quantitative estimate of drug-likeness (QED) is 0.237. The molecule has 0 saturated carbocycles. The van der Waals surface area contributed by atoms with Crippen molar-refractivity contribution >= 4 is 44.1 Å². The number of halogens is 1. The van der Waals surface area contributed by atoms with Crippen LogP contribution in [0.15, 0.2) is 103 Å². The summed E-state index contributed by atoms with van der Waals surface area (Å²) < 4.78 is 1.27. The zero-order valence-corrected chi connectivity index (χ0v) is 16.9. The van der Waals surface area contributed by atoms with Gasteiger partial charge in [-0.2, -0.15) is 0 Å². The number of hydrogen-bond acceptors (Lipinski definition) is 0. The second-order valence-corrected chi connectivity index (χ2v) is 7.91. The van der Waals surface area contributed by atoms with Crippen molar-refractivity contribution < 1.29 is 0 Å². The molecule has 0 aliphatic rings. The van der Waals surface area contributed by atoms with Gasteiger partial charge in [-0.3, -0.25) is 0 Å². The highest BCUT2D eigenvalue weighted by Crippen LogP contribution is 2.36. The van der Waals surface area contributed by atoms with E-state index in [9.17, 15) is 0 Å². The Morgan fingerprint density at radius 1 is 0.444 bits per heavy atom. The third kappa shape index (κ3) is 2.92. The molecule has 128 valence electrons. The van der Waals surface area contributed by atoms with Crippen LogP contribution in [0.3, 0.4) is 0 Å². The van der Waals surface area contributed by atoms with Crippen molar-refractivity contribution in [3.05, 3.63) is 107 Å². The summed E-state index contributed by atoms with van der Waals surface area (Å²) >= 11 is 2.47. The summed E-state index contributed by atoms with van der Waals surface area (Å²) in [6.07, 6.45) is 0. The SMILES string of the molecule is Ic1cc(-c2cccc3ccccc23)ccc1-c1cccc2ccccc12. The summed E-state index contributed by atoms with van der Waals surface area (Å²) in [5, 5.41) is 5.16. The summed E-state index contributed by atoms with van der Waals surface area (Å²) in [4.78, 5) is 0. The monoisotopic (exact) mass is 456 g/mol. The first-order chi connectivity index (χ1) is 13.3. The van der Waals surface area contributed by atoms with Gasteiger partial charge < -0.3 is 0 Å². The van der Waals surface area contributed by atoms with E-state index in [1.165, 1.54) is 47.4 Å². The van der Waals surface area contributed by atoms with Gasteiger partial charge in [0.05, 0.1) is 0 Å². The number of benzene rings is 5. The van der Waals surface area contributed by atoms with E-state index in [-0.39, 0.29) is 0 Å². The van der Waals surface area contributed by atoms with E-state index < -0.39 is 0 Å². The van der Waals surface area contributed by atoms with Gasteiger partial charge in [0.15, 0.2) is 0 Å². The van der Waals surface area contributed by atoms with Gasteiger partial charge in [-0.15, -0.1) is 0 Å². The highest BCUT2D eigenvalue weighted by Gasteiger charge is 2.10. The van der Waals surface area contributed by atoms with E-state index in [0.29, 0.717) is 0 Å². The highest BCUT2D eigenvalue weighted by atomic mass is 127. The minimum Gasteiger partial charge on any atom is -0.0616 e. The Bertz CT molecular complexity index is 1270. The first-order valence-corrected chi connectivity index (χ1v) is 10.1. The summed E-state index contributed by atoms with van der Waals surface area (Å²) in [6, 6.07) is 37.1. The molecular formula is C26H17I. The van der Waals surface area contributed by atoms with Gasteiger partial charge in [-0.1, -0.05) is 97.1 Å². The number of hydrogen-bond donors (Lipinski definition) is 0. The third-order valence-electron chi connectivity index (χ3n) is 5.15. The normalized spacial score (nSPS) is 11.1. The molecule has 27 heavy (non-hydrogen) atoms. The first-order valence-electron chi connectivity index (χ1n) is 9.07. The zero-order chi connectivity index (χ0) is 18.2. The predicted molar refractivity (Wildman–Crippen MR) is 125 cm³/mol. The molecule has 0 bridgehead atoms. The minimum absolute atomic E-state index is 1.26. The van der Waals surface area contributed by atoms with Crippen LogP contribution < -0.4 is 0 Å². The van der Waals surface area contributed by atoms with Crippen LogP contribution in [0.25, 0.3) is 43.8 Å². The predicted octanol–water partition coefficient (Wildman–Crippen LogP) is 7.93. The van der Waals surface area contributed by atoms with Crippen molar-refractivity contribution in [2.24, 2.45) is 0 Å². The molecule has 0 atom stereocenters. The van der Waals surface area contributed by atoms with E-state index >= 15 is 0 Å². The molecule has 0 nitrogen and oxygen atoms in total. The van der Waals surface area contributed by atoms with Crippen LogP contribution in [0.1, 0.15) is 0 Å². The molecule has 0 amide bonds. The van der Waals surface area contributed by atoms with Crippen LogP contribution in [-0.4, -0.2) is 0 Å². The standard InChI is InChI=1S/C26H17I/c27-26-17-20(23-13-5-9-18-7-1-3-11-21(18)23)15-16-25(26)24-14-6-10-19-8-2-4-12-22(19)24/h1-17H. The average molecular weight is 456 g/mol. The van der Waals surface area contributed by atoms with Gasteiger partial charge in [0, 0.05) is 3.57 Å². The molecule has 0 saturated heterocycles. The van der Waals surface area contributed by atoms with Gasteiger partial charge in [0.2, 0.25) is 0 Å². The molecule has 0 N–H and O–H groups in total. The third-order valence-corrected chi connectivity index (χ3v) is 6.04. The second-order valence-electron chi connectivity index (χ2n) is 6.75. The average Bonchev–Trinajstić information content (AvgIpc) is 2.73. The molecule has 5 rings (SSSR count). The van der Waals surface area contributed by atoms with Crippen LogP contribution in [0.2, 0.25) is 0 Å². The fourth-order valence-electron chi connectivity index (χ4n) is 3.84. The molecule has 0 radical (unpaired) electrons. The topological polar surface area (TPSA) is 0 Å². The van der Waals surface area contributed by atoms with Gasteiger partial charge in [-0.05, 0) is 72.5 Å². The van der Waals surface area contributed by atoms with Crippen LogP contribution in [0.5, 0.6) is 0 Å². The minimum atomic E-state index is 1.26. The molecule has 0 aromatic heterocycles. The van der Waals surface area contributed by atoms with Crippen molar-refractivity contribution in [3.63, 3.8) is 0 Å². The summed E-state index contributed by atoms with van der Waals surface area (Å²) in [7, 11) is 0. The van der Waals surface area contributed by atoms with E-state index in [1.54, 1.807) is 0 Å².